The first kappa shape index (κ1) is 17.1. The van der Waals surface area contributed by atoms with Crippen LogP contribution in [0.25, 0.3) is 5.69 Å². The van der Waals surface area contributed by atoms with E-state index in [9.17, 15) is 9.59 Å². The Morgan fingerprint density at radius 3 is 2.67 bits per heavy atom. The molecule has 0 N–H and O–H groups in total. The molecule has 0 spiro atoms. The van der Waals surface area contributed by atoms with Gasteiger partial charge in [-0.15, -0.1) is 5.10 Å². The minimum Gasteiger partial charge on any atom is -0.454 e. The number of rotatable bonds is 5. The Morgan fingerprint density at radius 1 is 1.04 bits per heavy atom. The zero-order valence-corrected chi connectivity index (χ0v) is 14.7. The van der Waals surface area contributed by atoms with E-state index in [1.165, 1.54) is 28.6 Å². The van der Waals surface area contributed by atoms with Gasteiger partial charge in [-0.25, -0.2) is 4.79 Å². The topological polar surface area (TPSA) is 87.0 Å². The van der Waals surface area contributed by atoms with Crippen LogP contribution in [-0.4, -0.2) is 38.6 Å². The van der Waals surface area contributed by atoms with Gasteiger partial charge >= 0.3 is 5.97 Å². The number of carbonyl (C=O) groups excluding carboxylic acids is 2. The van der Waals surface area contributed by atoms with E-state index >= 15 is 0 Å². The number of hydrogen-bond donors (Lipinski definition) is 0. The number of aromatic nitrogens is 4. The smallest absolute Gasteiger partial charge is 0.340 e. The molecule has 0 fully saturated rings. The first-order valence-electron chi connectivity index (χ1n) is 8.87. The lowest BCUT2D eigenvalue weighted by molar-refractivity contribution is 0.0474. The normalized spacial score (nSPS) is 13.0. The summed E-state index contributed by atoms with van der Waals surface area (Å²) in [6, 6.07) is 12.6. The fraction of sp³-hybridized carbons (Fsp3) is 0.250. The fourth-order valence-corrected chi connectivity index (χ4v) is 3.32. The first-order chi connectivity index (χ1) is 13.2. The summed E-state index contributed by atoms with van der Waals surface area (Å²) in [6.45, 7) is -0.304. The number of ketones is 1. The van der Waals surface area contributed by atoms with Crippen LogP contribution in [-0.2, 0) is 17.6 Å². The van der Waals surface area contributed by atoms with Crippen LogP contribution in [0.1, 0.15) is 44.7 Å². The molecule has 1 aliphatic carbocycles. The maximum absolute atomic E-state index is 12.5. The Balaban J connectivity index is 1.46. The number of tetrazole rings is 1. The standard InChI is InChI=1S/C20H18N4O3/c25-19(16-10-9-14-5-1-2-6-15(14)11-16)12-27-20(26)17-7-3-4-8-18(17)24-13-21-22-23-24/h3-4,7-11,13H,1-2,5-6,12H2. The SMILES string of the molecule is O=C(COC(=O)c1ccccc1-n1cnnn1)c1ccc2c(c1)CCCC2. The molecule has 1 aliphatic rings. The van der Waals surface area contributed by atoms with Gasteiger partial charge in [-0.3, -0.25) is 4.79 Å². The van der Waals surface area contributed by atoms with Crippen molar-refractivity contribution >= 4 is 11.8 Å². The number of ether oxygens (including phenoxy) is 1. The predicted molar refractivity (Wildman–Crippen MR) is 96.9 cm³/mol. The number of fused-ring (bicyclic) bond motifs is 1. The number of benzene rings is 2. The Morgan fingerprint density at radius 2 is 1.85 bits per heavy atom. The molecule has 0 aliphatic heterocycles. The van der Waals surface area contributed by atoms with E-state index in [1.54, 1.807) is 24.3 Å². The number of esters is 1. The lowest BCUT2D eigenvalue weighted by atomic mass is 9.90. The van der Waals surface area contributed by atoms with Crippen LogP contribution in [0.3, 0.4) is 0 Å². The van der Waals surface area contributed by atoms with Crippen LogP contribution in [0, 0.1) is 0 Å². The van der Waals surface area contributed by atoms with Gasteiger partial charge in [0.05, 0.1) is 11.3 Å². The van der Waals surface area contributed by atoms with E-state index in [0.717, 1.165) is 19.3 Å². The highest BCUT2D eigenvalue weighted by atomic mass is 16.5. The van der Waals surface area contributed by atoms with Gasteiger partial charge in [-0.2, -0.15) is 4.68 Å². The number of nitrogens with zero attached hydrogens (tertiary/aromatic N) is 4. The van der Waals surface area contributed by atoms with Crippen LogP contribution < -0.4 is 0 Å². The second kappa shape index (κ2) is 7.49. The van der Waals surface area contributed by atoms with Crippen molar-refractivity contribution in [1.29, 1.82) is 0 Å². The Kier molecular flexibility index (Phi) is 4.74. The van der Waals surface area contributed by atoms with Crippen LogP contribution in [0.4, 0.5) is 0 Å². The molecule has 2 aromatic carbocycles. The molecule has 4 rings (SSSR count). The van der Waals surface area contributed by atoms with Gasteiger partial charge in [0.1, 0.15) is 6.33 Å². The quantitative estimate of drug-likeness (QED) is 0.512. The molecule has 0 bridgehead atoms. The summed E-state index contributed by atoms with van der Waals surface area (Å²) < 4.78 is 6.63. The number of carbonyl (C=O) groups is 2. The van der Waals surface area contributed by atoms with E-state index in [2.05, 4.69) is 15.5 Å². The summed E-state index contributed by atoms with van der Waals surface area (Å²) in [5.74, 6) is -0.802. The summed E-state index contributed by atoms with van der Waals surface area (Å²) in [7, 11) is 0. The molecule has 7 heteroatoms. The molecule has 1 aromatic heterocycles. The van der Waals surface area contributed by atoms with Crippen LogP contribution in [0.5, 0.6) is 0 Å². The zero-order valence-electron chi connectivity index (χ0n) is 14.7. The monoisotopic (exact) mass is 362 g/mol. The Labute approximate surface area is 156 Å². The maximum atomic E-state index is 12.5. The van der Waals surface area contributed by atoms with Gasteiger partial charge in [-0.1, -0.05) is 24.3 Å². The molecule has 0 amide bonds. The molecule has 136 valence electrons. The third-order valence-electron chi connectivity index (χ3n) is 4.72. The van der Waals surface area contributed by atoms with Crippen LogP contribution >= 0.6 is 0 Å². The summed E-state index contributed by atoms with van der Waals surface area (Å²) in [6.07, 6.45) is 5.79. The number of aryl methyl sites for hydroxylation is 2. The average molecular weight is 362 g/mol. The fourth-order valence-electron chi connectivity index (χ4n) is 3.32. The molecule has 7 nitrogen and oxygen atoms in total. The van der Waals surface area contributed by atoms with Crippen molar-refractivity contribution in [3.63, 3.8) is 0 Å². The molecule has 1 heterocycles. The van der Waals surface area contributed by atoms with Gasteiger partial charge in [-0.05, 0) is 65.4 Å². The summed E-state index contributed by atoms with van der Waals surface area (Å²) >= 11 is 0. The van der Waals surface area contributed by atoms with Gasteiger partial charge in [0.25, 0.3) is 0 Å². The van der Waals surface area contributed by atoms with Crippen molar-refractivity contribution in [2.75, 3.05) is 6.61 Å². The van der Waals surface area contributed by atoms with Gasteiger partial charge < -0.3 is 4.74 Å². The zero-order chi connectivity index (χ0) is 18.6. The molecule has 3 aromatic rings. The second-order valence-electron chi connectivity index (χ2n) is 6.46. The summed E-state index contributed by atoms with van der Waals surface area (Å²) in [5, 5.41) is 10.9. The van der Waals surface area contributed by atoms with Crippen molar-refractivity contribution in [3.05, 3.63) is 71.0 Å². The average Bonchev–Trinajstić information content (AvgIpc) is 3.26. The van der Waals surface area contributed by atoms with Crippen molar-refractivity contribution in [2.45, 2.75) is 25.7 Å². The van der Waals surface area contributed by atoms with Crippen molar-refractivity contribution in [3.8, 4) is 5.69 Å². The van der Waals surface area contributed by atoms with Gasteiger partial charge in [0.15, 0.2) is 12.4 Å². The molecule has 0 atom stereocenters. The van der Waals surface area contributed by atoms with Crippen molar-refractivity contribution in [1.82, 2.24) is 20.2 Å². The van der Waals surface area contributed by atoms with E-state index in [0.29, 0.717) is 16.8 Å². The second-order valence-corrected chi connectivity index (χ2v) is 6.46. The molecule has 0 saturated carbocycles. The van der Waals surface area contributed by atoms with Crippen molar-refractivity contribution in [2.24, 2.45) is 0 Å². The van der Waals surface area contributed by atoms with Gasteiger partial charge in [0, 0.05) is 5.56 Å². The summed E-state index contributed by atoms with van der Waals surface area (Å²) in [4.78, 5) is 24.9. The number of para-hydroxylation sites is 1. The molecular weight excluding hydrogens is 344 g/mol. The highest BCUT2D eigenvalue weighted by molar-refractivity contribution is 6.00. The Bertz CT molecular complexity index is 983. The van der Waals surface area contributed by atoms with E-state index in [-0.39, 0.29) is 12.4 Å². The predicted octanol–water partition coefficient (Wildman–Crippen LogP) is 2.58. The maximum Gasteiger partial charge on any atom is 0.340 e. The minimum atomic E-state index is -0.590. The molecular formula is C20H18N4O3. The molecule has 0 saturated heterocycles. The summed E-state index contributed by atoms with van der Waals surface area (Å²) in [5.41, 5.74) is 3.90. The van der Waals surface area contributed by atoms with Crippen molar-refractivity contribution < 1.29 is 14.3 Å². The van der Waals surface area contributed by atoms with E-state index in [4.69, 9.17) is 4.74 Å². The highest BCUT2D eigenvalue weighted by Gasteiger charge is 2.18. The first-order valence-corrected chi connectivity index (χ1v) is 8.87. The number of Topliss-reactive ketones (excluding diaryl/α,β-unsaturated/α-hetero) is 1. The van der Waals surface area contributed by atoms with E-state index < -0.39 is 5.97 Å². The van der Waals surface area contributed by atoms with Gasteiger partial charge in [0.2, 0.25) is 0 Å². The van der Waals surface area contributed by atoms with Crippen LogP contribution in [0.2, 0.25) is 0 Å². The Hall–Kier alpha value is -3.35. The molecule has 0 radical (unpaired) electrons. The minimum absolute atomic E-state index is 0.211. The largest absolute Gasteiger partial charge is 0.454 e. The highest BCUT2D eigenvalue weighted by Crippen LogP contribution is 2.22. The third-order valence-corrected chi connectivity index (χ3v) is 4.72. The third kappa shape index (κ3) is 3.62. The molecule has 0 unspecified atom stereocenters. The lowest BCUT2D eigenvalue weighted by Gasteiger charge is -2.16. The number of hydrogen-bond acceptors (Lipinski definition) is 6. The van der Waals surface area contributed by atoms with Crippen LogP contribution in [0.15, 0.2) is 48.8 Å². The lowest BCUT2D eigenvalue weighted by Crippen LogP contribution is -2.16. The molecule has 27 heavy (non-hydrogen) atoms. The van der Waals surface area contributed by atoms with E-state index in [1.807, 2.05) is 18.2 Å².